The van der Waals surface area contributed by atoms with Crippen LogP contribution in [0.3, 0.4) is 0 Å². The summed E-state index contributed by atoms with van der Waals surface area (Å²) in [5.74, 6) is 0. The maximum Gasteiger partial charge on any atom is 0.0804 e. The Labute approximate surface area is 91.1 Å². The Morgan fingerprint density at radius 1 is 1.27 bits per heavy atom. The fourth-order valence-corrected chi connectivity index (χ4v) is 2.44. The van der Waals surface area contributed by atoms with E-state index in [-0.39, 0.29) is 6.10 Å². The lowest BCUT2D eigenvalue weighted by molar-refractivity contribution is 0.169. The molecule has 1 atom stereocenters. The van der Waals surface area contributed by atoms with E-state index in [4.69, 9.17) is 5.73 Å². The van der Waals surface area contributed by atoms with Crippen molar-refractivity contribution < 1.29 is 5.11 Å². The van der Waals surface area contributed by atoms with E-state index in [1.165, 1.54) is 30.4 Å². The fourth-order valence-electron chi connectivity index (χ4n) is 2.44. The van der Waals surface area contributed by atoms with Crippen molar-refractivity contribution >= 4 is 0 Å². The molecule has 0 amide bonds. The van der Waals surface area contributed by atoms with E-state index in [1.54, 1.807) is 0 Å². The molecule has 0 bridgehead atoms. The highest BCUT2D eigenvalue weighted by atomic mass is 16.3. The quantitative estimate of drug-likeness (QED) is 0.792. The maximum absolute atomic E-state index is 10.00. The highest BCUT2D eigenvalue weighted by Gasteiger charge is 2.16. The SMILES string of the molecule is NCC[C@@H](O)c1cccc2c1CCCC2. The summed E-state index contributed by atoms with van der Waals surface area (Å²) in [6.45, 7) is 0.546. The zero-order chi connectivity index (χ0) is 10.7. The first-order valence-corrected chi connectivity index (χ1v) is 5.81. The summed E-state index contributed by atoms with van der Waals surface area (Å²) < 4.78 is 0. The van der Waals surface area contributed by atoms with E-state index >= 15 is 0 Å². The Morgan fingerprint density at radius 2 is 2.07 bits per heavy atom. The number of nitrogens with two attached hydrogens (primary N) is 1. The van der Waals surface area contributed by atoms with Gasteiger partial charge in [-0.15, -0.1) is 0 Å². The van der Waals surface area contributed by atoms with Crippen LogP contribution in [-0.4, -0.2) is 11.7 Å². The van der Waals surface area contributed by atoms with Gasteiger partial charge in [-0.2, -0.15) is 0 Å². The van der Waals surface area contributed by atoms with Crippen molar-refractivity contribution in [3.05, 3.63) is 34.9 Å². The summed E-state index contributed by atoms with van der Waals surface area (Å²) in [4.78, 5) is 0. The van der Waals surface area contributed by atoms with Crippen molar-refractivity contribution in [3.8, 4) is 0 Å². The normalized spacial score (nSPS) is 17.2. The summed E-state index contributed by atoms with van der Waals surface area (Å²) in [6.07, 6.45) is 5.10. The first kappa shape index (κ1) is 10.7. The molecule has 0 spiro atoms. The molecule has 15 heavy (non-hydrogen) atoms. The minimum Gasteiger partial charge on any atom is -0.388 e. The van der Waals surface area contributed by atoms with Crippen LogP contribution in [0.1, 0.15) is 42.1 Å². The van der Waals surface area contributed by atoms with Gasteiger partial charge in [0.15, 0.2) is 0 Å². The third kappa shape index (κ3) is 2.21. The standard InChI is InChI=1S/C13H19NO/c14-9-8-13(15)12-7-3-5-10-4-1-2-6-11(10)12/h3,5,7,13,15H,1-2,4,6,8-9,14H2/t13-/m1/s1. The predicted molar refractivity (Wildman–Crippen MR) is 61.7 cm³/mol. The molecule has 2 heteroatoms. The van der Waals surface area contributed by atoms with Crippen LogP contribution in [0.25, 0.3) is 0 Å². The second-order valence-corrected chi connectivity index (χ2v) is 4.29. The van der Waals surface area contributed by atoms with Crippen LogP contribution in [0, 0.1) is 0 Å². The van der Waals surface area contributed by atoms with Gasteiger partial charge in [-0.05, 0) is 55.3 Å². The summed E-state index contributed by atoms with van der Waals surface area (Å²) in [5.41, 5.74) is 9.40. The number of benzene rings is 1. The highest BCUT2D eigenvalue weighted by Crippen LogP contribution is 2.29. The fraction of sp³-hybridized carbons (Fsp3) is 0.538. The Hall–Kier alpha value is -0.860. The molecule has 3 N–H and O–H groups in total. The molecule has 1 aromatic carbocycles. The number of fused-ring (bicyclic) bond motifs is 1. The number of aryl methyl sites for hydroxylation is 1. The molecule has 82 valence electrons. The van der Waals surface area contributed by atoms with Crippen LogP contribution in [0.15, 0.2) is 18.2 Å². The van der Waals surface area contributed by atoms with Gasteiger partial charge in [0.1, 0.15) is 0 Å². The summed E-state index contributed by atoms with van der Waals surface area (Å²) in [6, 6.07) is 6.29. The Morgan fingerprint density at radius 3 is 2.87 bits per heavy atom. The van der Waals surface area contributed by atoms with Crippen LogP contribution in [0.4, 0.5) is 0 Å². The molecule has 0 saturated carbocycles. The summed E-state index contributed by atoms with van der Waals surface area (Å²) in [7, 11) is 0. The first-order valence-electron chi connectivity index (χ1n) is 5.81. The van der Waals surface area contributed by atoms with Crippen LogP contribution >= 0.6 is 0 Å². The molecule has 0 unspecified atom stereocenters. The van der Waals surface area contributed by atoms with Crippen molar-refractivity contribution in [1.29, 1.82) is 0 Å². The molecular weight excluding hydrogens is 186 g/mol. The van der Waals surface area contributed by atoms with Crippen LogP contribution in [0.5, 0.6) is 0 Å². The van der Waals surface area contributed by atoms with Crippen molar-refractivity contribution in [2.75, 3.05) is 6.54 Å². The molecule has 2 rings (SSSR count). The molecule has 0 heterocycles. The highest BCUT2D eigenvalue weighted by molar-refractivity contribution is 5.38. The monoisotopic (exact) mass is 205 g/mol. The van der Waals surface area contributed by atoms with Gasteiger partial charge < -0.3 is 10.8 Å². The zero-order valence-electron chi connectivity index (χ0n) is 9.08. The molecule has 0 fully saturated rings. The summed E-state index contributed by atoms with van der Waals surface area (Å²) >= 11 is 0. The van der Waals surface area contributed by atoms with Gasteiger partial charge in [-0.1, -0.05) is 18.2 Å². The van der Waals surface area contributed by atoms with Crippen molar-refractivity contribution in [3.63, 3.8) is 0 Å². The number of rotatable bonds is 3. The van der Waals surface area contributed by atoms with Crippen molar-refractivity contribution in [2.24, 2.45) is 5.73 Å². The van der Waals surface area contributed by atoms with E-state index in [2.05, 4.69) is 12.1 Å². The number of hydrogen-bond donors (Lipinski definition) is 2. The van der Waals surface area contributed by atoms with E-state index in [0.717, 1.165) is 12.0 Å². The maximum atomic E-state index is 10.00. The molecular formula is C13H19NO. The van der Waals surface area contributed by atoms with E-state index < -0.39 is 0 Å². The Bertz CT molecular complexity index is 335. The van der Waals surface area contributed by atoms with E-state index in [0.29, 0.717) is 13.0 Å². The van der Waals surface area contributed by atoms with Gasteiger partial charge >= 0.3 is 0 Å². The van der Waals surface area contributed by atoms with E-state index in [1.807, 2.05) is 6.07 Å². The number of aliphatic hydroxyl groups excluding tert-OH is 1. The number of aliphatic hydroxyl groups is 1. The second kappa shape index (κ2) is 4.77. The molecule has 0 saturated heterocycles. The molecule has 0 aliphatic heterocycles. The number of hydrogen-bond acceptors (Lipinski definition) is 2. The van der Waals surface area contributed by atoms with Gasteiger partial charge in [0.05, 0.1) is 6.10 Å². The first-order chi connectivity index (χ1) is 7.33. The van der Waals surface area contributed by atoms with E-state index in [9.17, 15) is 5.11 Å². The largest absolute Gasteiger partial charge is 0.388 e. The average molecular weight is 205 g/mol. The smallest absolute Gasteiger partial charge is 0.0804 e. The van der Waals surface area contributed by atoms with Crippen molar-refractivity contribution in [1.82, 2.24) is 0 Å². The van der Waals surface area contributed by atoms with Gasteiger partial charge in [0, 0.05) is 0 Å². The predicted octanol–water partition coefficient (Wildman–Crippen LogP) is 1.95. The zero-order valence-corrected chi connectivity index (χ0v) is 9.08. The molecule has 1 aromatic rings. The molecule has 0 radical (unpaired) electrons. The Kier molecular flexibility index (Phi) is 3.39. The van der Waals surface area contributed by atoms with Gasteiger partial charge in [0.2, 0.25) is 0 Å². The molecule has 2 nitrogen and oxygen atoms in total. The topological polar surface area (TPSA) is 46.2 Å². The molecule has 1 aliphatic rings. The lowest BCUT2D eigenvalue weighted by Crippen LogP contribution is -2.12. The van der Waals surface area contributed by atoms with Crippen LogP contribution in [0.2, 0.25) is 0 Å². The minimum atomic E-state index is -0.372. The van der Waals surface area contributed by atoms with Gasteiger partial charge in [-0.3, -0.25) is 0 Å². The third-order valence-corrected chi connectivity index (χ3v) is 3.23. The van der Waals surface area contributed by atoms with Gasteiger partial charge in [-0.25, -0.2) is 0 Å². The molecule has 1 aliphatic carbocycles. The lowest BCUT2D eigenvalue weighted by atomic mass is 9.86. The van der Waals surface area contributed by atoms with Crippen LogP contribution in [-0.2, 0) is 12.8 Å². The minimum absolute atomic E-state index is 0.372. The lowest BCUT2D eigenvalue weighted by Gasteiger charge is -2.22. The summed E-state index contributed by atoms with van der Waals surface area (Å²) in [5, 5.41) is 10.00. The van der Waals surface area contributed by atoms with Crippen molar-refractivity contribution in [2.45, 2.75) is 38.2 Å². The average Bonchev–Trinajstić information content (AvgIpc) is 2.28. The third-order valence-electron chi connectivity index (χ3n) is 3.23. The Balaban J connectivity index is 2.30. The molecule has 0 aromatic heterocycles. The van der Waals surface area contributed by atoms with Crippen LogP contribution < -0.4 is 5.73 Å². The second-order valence-electron chi connectivity index (χ2n) is 4.29. The van der Waals surface area contributed by atoms with Gasteiger partial charge in [0.25, 0.3) is 0 Å².